The number of piperazine rings is 1. The van der Waals surface area contributed by atoms with Crippen molar-refractivity contribution in [3.05, 3.63) is 70.7 Å². The molecule has 132 valence electrons. The minimum Gasteiger partial charge on any atom is -0.340 e. The molecule has 2 aromatic carbocycles. The van der Waals surface area contributed by atoms with E-state index in [1.165, 1.54) is 11.1 Å². The molecule has 4 heteroatoms. The van der Waals surface area contributed by atoms with Crippen LogP contribution in [0.1, 0.15) is 24.0 Å². The summed E-state index contributed by atoms with van der Waals surface area (Å²) in [7, 11) is 0. The van der Waals surface area contributed by atoms with Gasteiger partial charge in [0, 0.05) is 44.2 Å². The van der Waals surface area contributed by atoms with E-state index in [4.69, 9.17) is 11.6 Å². The molecule has 0 saturated carbocycles. The monoisotopic (exact) mass is 356 g/mol. The molecule has 1 aliphatic rings. The van der Waals surface area contributed by atoms with Crippen LogP contribution in [0.25, 0.3) is 0 Å². The zero-order chi connectivity index (χ0) is 17.5. The largest absolute Gasteiger partial charge is 0.340 e. The second-order valence-electron chi connectivity index (χ2n) is 6.63. The Hall–Kier alpha value is -1.84. The summed E-state index contributed by atoms with van der Waals surface area (Å²) < 4.78 is 0. The van der Waals surface area contributed by atoms with Crippen molar-refractivity contribution in [2.45, 2.75) is 25.8 Å². The van der Waals surface area contributed by atoms with E-state index in [-0.39, 0.29) is 0 Å². The molecule has 0 N–H and O–H groups in total. The van der Waals surface area contributed by atoms with Gasteiger partial charge in [-0.25, -0.2) is 0 Å². The summed E-state index contributed by atoms with van der Waals surface area (Å²) in [5.74, 6) is 0.290. The maximum atomic E-state index is 12.4. The molecular formula is C21H25ClN2O. The Morgan fingerprint density at radius 1 is 0.920 bits per heavy atom. The lowest BCUT2D eigenvalue weighted by Crippen LogP contribution is -2.48. The zero-order valence-corrected chi connectivity index (χ0v) is 15.3. The van der Waals surface area contributed by atoms with Crippen molar-refractivity contribution in [3.63, 3.8) is 0 Å². The molecular weight excluding hydrogens is 332 g/mol. The van der Waals surface area contributed by atoms with Gasteiger partial charge in [0.1, 0.15) is 0 Å². The van der Waals surface area contributed by atoms with E-state index >= 15 is 0 Å². The predicted molar refractivity (Wildman–Crippen MR) is 103 cm³/mol. The molecule has 1 fully saturated rings. The third kappa shape index (κ3) is 5.58. The Kier molecular flexibility index (Phi) is 6.48. The Morgan fingerprint density at radius 3 is 2.36 bits per heavy atom. The summed E-state index contributed by atoms with van der Waals surface area (Å²) in [6.45, 7) is 4.40. The lowest BCUT2D eigenvalue weighted by Gasteiger charge is -2.35. The Morgan fingerprint density at radius 2 is 1.64 bits per heavy atom. The molecule has 1 aliphatic heterocycles. The van der Waals surface area contributed by atoms with Crippen LogP contribution in [0.2, 0.25) is 5.02 Å². The molecule has 1 heterocycles. The summed E-state index contributed by atoms with van der Waals surface area (Å²) in [4.78, 5) is 16.8. The van der Waals surface area contributed by atoms with Crippen LogP contribution in [-0.2, 0) is 17.8 Å². The van der Waals surface area contributed by atoms with E-state index < -0.39 is 0 Å². The smallest absolute Gasteiger partial charge is 0.222 e. The van der Waals surface area contributed by atoms with Gasteiger partial charge in [0.15, 0.2) is 0 Å². The predicted octanol–water partition coefficient (Wildman–Crippen LogP) is 4.01. The second-order valence-corrected chi connectivity index (χ2v) is 7.06. The molecule has 25 heavy (non-hydrogen) atoms. The maximum absolute atomic E-state index is 12.4. The standard InChI is InChI=1S/C21H25ClN2O/c22-20-10-4-9-19(16-20)17-23-12-14-24(15-13-23)21(25)11-5-8-18-6-2-1-3-7-18/h1-4,6-7,9-10,16H,5,8,11-15,17H2. The molecule has 3 rings (SSSR count). The van der Waals surface area contributed by atoms with E-state index in [0.29, 0.717) is 12.3 Å². The molecule has 3 nitrogen and oxygen atoms in total. The van der Waals surface area contributed by atoms with Crippen LogP contribution >= 0.6 is 11.6 Å². The van der Waals surface area contributed by atoms with Gasteiger partial charge in [0.05, 0.1) is 0 Å². The topological polar surface area (TPSA) is 23.6 Å². The molecule has 0 radical (unpaired) electrons. The molecule has 2 aromatic rings. The van der Waals surface area contributed by atoms with Crippen LogP contribution in [0.5, 0.6) is 0 Å². The van der Waals surface area contributed by atoms with Gasteiger partial charge in [-0.05, 0) is 36.1 Å². The lowest BCUT2D eigenvalue weighted by molar-refractivity contribution is -0.133. The van der Waals surface area contributed by atoms with E-state index in [1.54, 1.807) is 0 Å². The number of aryl methyl sites for hydroxylation is 1. The maximum Gasteiger partial charge on any atom is 0.222 e. The van der Waals surface area contributed by atoms with Gasteiger partial charge in [0.2, 0.25) is 5.91 Å². The van der Waals surface area contributed by atoms with E-state index in [2.05, 4.69) is 35.2 Å². The van der Waals surface area contributed by atoms with Crippen molar-refractivity contribution in [3.8, 4) is 0 Å². The van der Waals surface area contributed by atoms with Gasteiger partial charge < -0.3 is 4.90 Å². The van der Waals surface area contributed by atoms with Crippen molar-refractivity contribution < 1.29 is 4.79 Å². The van der Waals surface area contributed by atoms with Crippen LogP contribution in [0.3, 0.4) is 0 Å². The number of hydrogen-bond acceptors (Lipinski definition) is 2. The summed E-state index contributed by atoms with van der Waals surface area (Å²) in [5.41, 5.74) is 2.54. The van der Waals surface area contributed by atoms with Crippen molar-refractivity contribution in [1.29, 1.82) is 0 Å². The number of nitrogens with zero attached hydrogens (tertiary/aromatic N) is 2. The number of amides is 1. The first-order chi connectivity index (χ1) is 12.2. The van der Waals surface area contributed by atoms with Crippen molar-refractivity contribution >= 4 is 17.5 Å². The fourth-order valence-electron chi connectivity index (χ4n) is 3.30. The summed E-state index contributed by atoms with van der Waals surface area (Å²) in [6, 6.07) is 18.4. The fraction of sp³-hybridized carbons (Fsp3) is 0.381. The Balaban J connectivity index is 1.38. The van der Waals surface area contributed by atoms with Crippen LogP contribution < -0.4 is 0 Å². The molecule has 0 aromatic heterocycles. The highest BCUT2D eigenvalue weighted by molar-refractivity contribution is 6.30. The number of halogens is 1. The highest BCUT2D eigenvalue weighted by Gasteiger charge is 2.20. The highest BCUT2D eigenvalue weighted by Crippen LogP contribution is 2.14. The van der Waals surface area contributed by atoms with Gasteiger partial charge in [-0.15, -0.1) is 0 Å². The number of hydrogen-bond donors (Lipinski definition) is 0. The van der Waals surface area contributed by atoms with E-state index in [0.717, 1.165) is 50.6 Å². The van der Waals surface area contributed by atoms with Crippen LogP contribution in [0, 0.1) is 0 Å². The highest BCUT2D eigenvalue weighted by atomic mass is 35.5. The summed E-state index contributed by atoms with van der Waals surface area (Å²) >= 11 is 6.05. The van der Waals surface area contributed by atoms with Crippen molar-refractivity contribution in [2.24, 2.45) is 0 Å². The van der Waals surface area contributed by atoms with E-state index in [9.17, 15) is 4.79 Å². The molecule has 1 saturated heterocycles. The SMILES string of the molecule is O=C(CCCc1ccccc1)N1CCN(Cc2cccc(Cl)c2)CC1. The van der Waals surface area contributed by atoms with Crippen LogP contribution in [0.4, 0.5) is 0 Å². The number of rotatable bonds is 6. The number of carbonyl (C=O) groups is 1. The second kappa shape index (κ2) is 9.02. The fourth-order valence-corrected chi connectivity index (χ4v) is 3.51. The van der Waals surface area contributed by atoms with Crippen LogP contribution in [0.15, 0.2) is 54.6 Å². The first-order valence-corrected chi connectivity index (χ1v) is 9.37. The summed E-state index contributed by atoms with van der Waals surface area (Å²) in [6.07, 6.45) is 2.54. The average molecular weight is 357 g/mol. The number of benzene rings is 2. The molecule has 0 spiro atoms. The quantitative estimate of drug-likeness (QED) is 0.780. The zero-order valence-electron chi connectivity index (χ0n) is 14.5. The van der Waals surface area contributed by atoms with E-state index in [1.807, 2.05) is 29.2 Å². The van der Waals surface area contributed by atoms with Crippen LogP contribution in [-0.4, -0.2) is 41.9 Å². The summed E-state index contributed by atoms with van der Waals surface area (Å²) in [5, 5.41) is 0.782. The molecule has 0 aliphatic carbocycles. The van der Waals surface area contributed by atoms with Crippen molar-refractivity contribution in [2.75, 3.05) is 26.2 Å². The number of carbonyl (C=O) groups excluding carboxylic acids is 1. The molecule has 0 atom stereocenters. The molecule has 1 amide bonds. The van der Waals surface area contributed by atoms with Gasteiger partial charge in [-0.3, -0.25) is 9.69 Å². The normalized spacial score (nSPS) is 15.3. The Labute approximate surface area is 155 Å². The minimum atomic E-state index is 0.290. The molecule has 0 unspecified atom stereocenters. The minimum absolute atomic E-state index is 0.290. The third-order valence-corrected chi connectivity index (χ3v) is 4.95. The molecule has 0 bridgehead atoms. The lowest BCUT2D eigenvalue weighted by atomic mass is 10.1. The van der Waals surface area contributed by atoms with Gasteiger partial charge in [0.25, 0.3) is 0 Å². The van der Waals surface area contributed by atoms with Gasteiger partial charge in [-0.2, -0.15) is 0 Å². The third-order valence-electron chi connectivity index (χ3n) is 4.72. The average Bonchev–Trinajstić information content (AvgIpc) is 2.63. The first kappa shape index (κ1) is 18.0. The van der Waals surface area contributed by atoms with Gasteiger partial charge >= 0.3 is 0 Å². The van der Waals surface area contributed by atoms with Gasteiger partial charge in [-0.1, -0.05) is 54.1 Å². The Bertz CT molecular complexity index is 681. The first-order valence-electron chi connectivity index (χ1n) is 8.99. The van der Waals surface area contributed by atoms with Crippen molar-refractivity contribution in [1.82, 2.24) is 9.80 Å².